The Kier molecular flexibility index (Phi) is 34.9. The third-order valence-electron chi connectivity index (χ3n) is 8.58. The molecule has 5 heteroatoms. The van der Waals surface area contributed by atoms with Gasteiger partial charge in [-0.15, -0.1) is 0 Å². The molecule has 0 saturated carbocycles. The molecule has 0 rings (SSSR count). The largest absolute Gasteiger partial charge is 0.462 e. The normalized spacial score (nSPS) is 12.5. The predicted molar refractivity (Wildman–Crippen MR) is 198 cm³/mol. The van der Waals surface area contributed by atoms with Gasteiger partial charge in [0, 0.05) is 19.4 Å². The van der Waals surface area contributed by atoms with E-state index in [4.69, 9.17) is 9.47 Å². The van der Waals surface area contributed by atoms with Gasteiger partial charge in [-0.1, -0.05) is 141 Å². The molecular weight excluding hydrogens is 570 g/mol. The zero-order chi connectivity index (χ0) is 33.8. The van der Waals surface area contributed by atoms with E-state index in [2.05, 4.69) is 38.2 Å². The summed E-state index contributed by atoms with van der Waals surface area (Å²) in [5.74, 6) is -0.368. The maximum absolute atomic E-state index is 12.4. The van der Waals surface area contributed by atoms with Crippen molar-refractivity contribution in [2.75, 3.05) is 27.2 Å². The highest BCUT2D eigenvalue weighted by Gasteiger charge is 2.18. The van der Waals surface area contributed by atoms with Gasteiger partial charge < -0.3 is 14.4 Å². The van der Waals surface area contributed by atoms with Crippen LogP contribution in [0.5, 0.6) is 0 Å². The van der Waals surface area contributed by atoms with Gasteiger partial charge in [-0.2, -0.15) is 0 Å². The maximum atomic E-state index is 12.4. The highest BCUT2D eigenvalue weighted by Crippen LogP contribution is 2.13. The van der Waals surface area contributed by atoms with E-state index in [1.807, 2.05) is 19.0 Å². The summed E-state index contributed by atoms with van der Waals surface area (Å²) in [6.45, 7) is 5.23. The van der Waals surface area contributed by atoms with Crippen molar-refractivity contribution < 1.29 is 19.1 Å². The Morgan fingerprint density at radius 3 is 1.24 bits per heavy atom. The molecule has 0 saturated heterocycles. The summed E-state index contributed by atoms with van der Waals surface area (Å²) in [6, 6.07) is 0. The molecule has 5 nitrogen and oxygen atoms in total. The lowest BCUT2D eigenvalue weighted by Crippen LogP contribution is -2.34. The number of carbonyl (C=O) groups is 2. The van der Waals surface area contributed by atoms with E-state index < -0.39 is 6.10 Å². The van der Waals surface area contributed by atoms with Gasteiger partial charge in [0.25, 0.3) is 0 Å². The minimum atomic E-state index is -0.413. The van der Waals surface area contributed by atoms with E-state index in [1.165, 1.54) is 128 Å². The first-order chi connectivity index (χ1) is 22.5. The number of likely N-dealkylation sites (N-methyl/N-ethyl adjacent to an activating group) is 1. The van der Waals surface area contributed by atoms with E-state index in [0.29, 0.717) is 19.4 Å². The van der Waals surface area contributed by atoms with Gasteiger partial charge in [0.2, 0.25) is 0 Å². The number of allylic oxidation sites excluding steroid dienone is 4. The molecule has 0 N–H and O–H groups in total. The van der Waals surface area contributed by atoms with Crippen LogP contribution in [0, 0.1) is 0 Å². The van der Waals surface area contributed by atoms with Crippen LogP contribution in [0.25, 0.3) is 0 Å². The van der Waals surface area contributed by atoms with E-state index in [-0.39, 0.29) is 18.5 Å². The second-order valence-electron chi connectivity index (χ2n) is 13.7. The Morgan fingerprint density at radius 2 is 0.848 bits per heavy atom. The molecule has 0 aromatic carbocycles. The van der Waals surface area contributed by atoms with Crippen molar-refractivity contribution in [2.45, 2.75) is 200 Å². The van der Waals surface area contributed by atoms with Crippen molar-refractivity contribution in [1.82, 2.24) is 4.90 Å². The van der Waals surface area contributed by atoms with Crippen LogP contribution in [-0.2, 0) is 19.1 Å². The predicted octanol–water partition coefficient (Wildman–Crippen LogP) is 12.1. The summed E-state index contributed by atoms with van der Waals surface area (Å²) in [5, 5.41) is 0. The van der Waals surface area contributed by atoms with Crippen molar-refractivity contribution in [2.24, 2.45) is 0 Å². The molecule has 0 radical (unpaired) electrons. The molecule has 0 aromatic rings. The highest BCUT2D eigenvalue weighted by atomic mass is 16.6. The van der Waals surface area contributed by atoms with Gasteiger partial charge in [0.1, 0.15) is 12.7 Å². The SMILES string of the molecule is CCCCCCCC/C=C\CCCCCCCC(=O)OC[C@H](CN(C)C)OC(=O)CCCCCCC/C=C/CCCCCCCC. The second kappa shape index (κ2) is 36.2. The summed E-state index contributed by atoms with van der Waals surface area (Å²) in [7, 11) is 3.88. The fourth-order valence-electron chi connectivity index (χ4n) is 5.71. The van der Waals surface area contributed by atoms with Crippen LogP contribution in [0.15, 0.2) is 24.3 Å². The summed E-state index contributed by atoms with van der Waals surface area (Å²) in [6.07, 6.45) is 42.0. The van der Waals surface area contributed by atoms with Crippen molar-refractivity contribution >= 4 is 11.9 Å². The Morgan fingerprint density at radius 1 is 0.500 bits per heavy atom. The van der Waals surface area contributed by atoms with E-state index in [9.17, 15) is 9.59 Å². The number of ether oxygens (including phenoxy) is 2. The molecule has 0 fully saturated rings. The quantitative estimate of drug-likeness (QED) is 0.0389. The molecule has 270 valence electrons. The first kappa shape index (κ1) is 44.4. The topological polar surface area (TPSA) is 55.8 Å². The number of esters is 2. The van der Waals surface area contributed by atoms with Gasteiger partial charge in [-0.25, -0.2) is 0 Å². The van der Waals surface area contributed by atoms with Crippen LogP contribution in [0.2, 0.25) is 0 Å². The van der Waals surface area contributed by atoms with Crippen molar-refractivity contribution in [3.63, 3.8) is 0 Å². The molecule has 0 aliphatic carbocycles. The Balaban J connectivity index is 3.78. The standard InChI is InChI=1S/C41H77NO4/c1-5-7-9-11-13-15-17-19-21-23-25-27-29-31-33-35-40(43)45-38-39(37-42(3)4)46-41(44)36-34-32-30-28-26-24-22-20-18-16-14-12-10-8-6-2/h19-22,39H,5-18,23-38H2,1-4H3/b21-19-,22-20+/t39-/m0/s1. The van der Waals surface area contributed by atoms with Crippen LogP contribution < -0.4 is 0 Å². The minimum absolute atomic E-state index is 0.139. The molecule has 0 aromatic heterocycles. The molecular formula is C41H77NO4. The lowest BCUT2D eigenvalue weighted by molar-refractivity contribution is -0.160. The number of nitrogens with zero attached hydrogens (tertiary/aromatic N) is 1. The fraction of sp³-hybridized carbons (Fsp3) is 0.854. The fourth-order valence-corrected chi connectivity index (χ4v) is 5.71. The lowest BCUT2D eigenvalue weighted by Gasteiger charge is -2.21. The molecule has 0 aliphatic heterocycles. The second-order valence-corrected chi connectivity index (χ2v) is 13.7. The van der Waals surface area contributed by atoms with Crippen molar-refractivity contribution in [3.05, 3.63) is 24.3 Å². The molecule has 0 bridgehead atoms. The van der Waals surface area contributed by atoms with Gasteiger partial charge in [0.15, 0.2) is 0 Å². The third-order valence-corrected chi connectivity index (χ3v) is 8.58. The van der Waals surface area contributed by atoms with Crippen LogP contribution in [0.4, 0.5) is 0 Å². The summed E-state index contributed by atoms with van der Waals surface area (Å²) in [5.41, 5.74) is 0. The van der Waals surface area contributed by atoms with Gasteiger partial charge >= 0.3 is 11.9 Å². The first-order valence-electron chi connectivity index (χ1n) is 19.8. The highest BCUT2D eigenvalue weighted by molar-refractivity contribution is 5.70. The molecule has 0 unspecified atom stereocenters. The molecule has 0 aliphatic rings. The van der Waals surface area contributed by atoms with Crippen LogP contribution in [0.1, 0.15) is 194 Å². The maximum Gasteiger partial charge on any atom is 0.306 e. The van der Waals surface area contributed by atoms with E-state index >= 15 is 0 Å². The van der Waals surface area contributed by atoms with Crippen molar-refractivity contribution in [3.8, 4) is 0 Å². The summed E-state index contributed by atoms with van der Waals surface area (Å²) in [4.78, 5) is 26.7. The number of hydrogen-bond donors (Lipinski definition) is 0. The molecule has 0 amide bonds. The Labute approximate surface area is 286 Å². The molecule has 0 spiro atoms. The van der Waals surface area contributed by atoms with Gasteiger partial charge in [0.05, 0.1) is 0 Å². The minimum Gasteiger partial charge on any atom is -0.462 e. The molecule has 0 heterocycles. The van der Waals surface area contributed by atoms with Crippen LogP contribution >= 0.6 is 0 Å². The molecule has 46 heavy (non-hydrogen) atoms. The number of rotatable bonds is 35. The smallest absolute Gasteiger partial charge is 0.306 e. The summed E-state index contributed by atoms with van der Waals surface area (Å²) < 4.78 is 11.2. The van der Waals surface area contributed by atoms with Crippen LogP contribution in [0.3, 0.4) is 0 Å². The Bertz CT molecular complexity index is 717. The number of hydrogen-bond acceptors (Lipinski definition) is 5. The van der Waals surface area contributed by atoms with Crippen molar-refractivity contribution in [1.29, 1.82) is 0 Å². The van der Waals surface area contributed by atoms with Gasteiger partial charge in [-0.3, -0.25) is 9.59 Å². The number of unbranched alkanes of at least 4 members (excludes halogenated alkanes) is 22. The van der Waals surface area contributed by atoms with Crippen LogP contribution in [-0.4, -0.2) is 50.2 Å². The van der Waals surface area contributed by atoms with E-state index in [0.717, 1.165) is 38.5 Å². The summed E-state index contributed by atoms with van der Waals surface area (Å²) >= 11 is 0. The lowest BCUT2D eigenvalue weighted by atomic mass is 10.1. The first-order valence-corrected chi connectivity index (χ1v) is 19.8. The zero-order valence-electron chi connectivity index (χ0n) is 31.2. The monoisotopic (exact) mass is 648 g/mol. The average Bonchev–Trinajstić information content (AvgIpc) is 3.03. The number of carbonyl (C=O) groups excluding carboxylic acids is 2. The average molecular weight is 648 g/mol. The third kappa shape index (κ3) is 35.2. The zero-order valence-corrected chi connectivity index (χ0v) is 31.2. The Hall–Kier alpha value is -1.62. The van der Waals surface area contributed by atoms with Gasteiger partial charge in [-0.05, 0) is 78.3 Å². The molecule has 1 atom stereocenters. The van der Waals surface area contributed by atoms with E-state index in [1.54, 1.807) is 0 Å².